The Bertz CT molecular complexity index is 626. The largest absolute Gasteiger partial charge is 0.378 e. The second kappa shape index (κ2) is 6.81. The lowest BCUT2D eigenvalue weighted by atomic mass is 10.0. The number of benzene rings is 1. The number of hydrogen-bond acceptors (Lipinski definition) is 5. The molecular formula is C16H20N4O2. The number of carbonyl (C=O) groups is 1. The Morgan fingerprint density at radius 2 is 2.18 bits per heavy atom. The smallest absolute Gasteiger partial charge is 0.164 e. The monoisotopic (exact) mass is 300 g/mol. The van der Waals surface area contributed by atoms with Gasteiger partial charge in [0.1, 0.15) is 12.2 Å². The first-order valence-electron chi connectivity index (χ1n) is 7.47. The molecule has 116 valence electrons. The number of carbonyl (C=O) groups excluding carboxylic acids is 1. The molecule has 0 unspecified atom stereocenters. The first kappa shape index (κ1) is 14.9. The number of rotatable bonds is 5. The van der Waals surface area contributed by atoms with E-state index in [1.165, 1.54) is 0 Å². The van der Waals surface area contributed by atoms with Crippen molar-refractivity contribution in [1.29, 1.82) is 0 Å². The lowest BCUT2D eigenvalue weighted by molar-refractivity contribution is -0.0140. The number of ketones is 1. The van der Waals surface area contributed by atoms with E-state index < -0.39 is 0 Å². The molecule has 0 bridgehead atoms. The molecule has 0 saturated carbocycles. The highest BCUT2D eigenvalue weighted by molar-refractivity contribution is 5.96. The molecule has 1 aliphatic rings. The van der Waals surface area contributed by atoms with Gasteiger partial charge in [-0.2, -0.15) is 5.10 Å². The number of aromatic nitrogens is 3. The Balaban J connectivity index is 1.67. The first-order chi connectivity index (χ1) is 10.7. The van der Waals surface area contributed by atoms with Crippen LogP contribution in [0.3, 0.4) is 0 Å². The van der Waals surface area contributed by atoms with Gasteiger partial charge in [-0.15, -0.1) is 0 Å². The van der Waals surface area contributed by atoms with Crippen LogP contribution in [0.25, 0.3) is 0 Å². The molecule has 0 amide bonds. The van der Waals surface area contributed by atoms with Crippen molar-refractivity contribution >= 4 is 5.78 Å². The van der Waals surface area contributed by atoms with Crippen molar-refractivity contribution in [2.75, 3.05) is 19.8 Å². The summed E-state index contributed by atoms with van der Waals surface area (Å²) in [4.78, 5) is 18.9. The molecule has 6 heteroatoms. The first-order valence-corrected chi connectivity index (χ1v) is 7.47. The Hall–Kier alpha value is -2.05. The summed E-state index contributed by atoms with van der Waals surface area (Å²) in [7, 11) is 1.88. The van der Waals surface area contributed by atoms with Gasteiger partial charge in [0.25, 0.3) is 0 Å². The molecule has 1 aliphatic heterocycles. The minimum Gasteiger partial charge on any atom is -0.378 e. The summed E-state index contributed by atoms with van der Waals surface area (Å²) in [5.41, 5.74) is 0.756. The second-order valence-corrected chi connectivity index (χ2v) is 5.49. The van der Waals surface area contributed by atoms with Gasteiger partial charge >= 0.3 is 0 Å². The highest BCUT2D eigenvalue weighted by Crippen LogP contribution is 2.16. The van der Waals surface area contributed by atoms with Crippen molar-refractivity contribution < 1.29 is 9.53 Å². The maximum Gasteiger partial charge on any atom is 0.164 e. The molecule has 1 atom stereocenters. The van der Waals surface area contributed by atoms with E-state index in [9.17, 15) is 4.79 Å². The molecule has 6 nitrogen and oxygen atoms in total. The van der Waals surface area contributed by atoms with Gasteiger partial charge in [-0.3, -0.25) is 14.4 Å². The van der Waals surface area contributed by atoms with Crippen LogP contribution in [0.4, 0.5) is 0 Å². The number of ether oxygens (including phenoxy) is 1. The molecule has 1 fully saturated rings. The van der Waals surface area contributed by atoms with Crippen molar-refractivity contribution in [3.8, 4) is 0 Å². The van der Waals surface area contributed by atoms with Crippen molar-refractivity contribution in [3.05, 3.63) is 48.0 Å². The molecule has 0 spiro atoms. The van der Waals surface area contributed by atoms with Gasteiger partial charge in [-0.1, -0.05) is 30.3 Å². The lowest BCUT2D eigenvalue weighted by Gasteiger charge is -2.34. The summed E-state index contributed by atoms with van der Waals surface area (Å²) < 4.78 is 7.33. The van der Waals surface area contributed by atoms with E-state index in [1.54, 1.807) is 11.0 Å². The number of nitrogens with zero attached hydrogens (tertiary/aromatic N) is 4. The molecule has 1 saturated heterocycles. The number of morpholine rings is 1. The summed E-state index contributed by atoms with van der Waals surface area (Å²) in [6.45, 7) is 2.76. The molecule has 0 aliphatic carbocycles. The van der Waals surface area contributed by atoms with Crippen molar-refractivity contribution in [2.24, 2.45) is 7.05 Å². The zero-order valence-electron chi connectivity index (χ0n) is 12.7. The summed E-state index contributed by atoms with van der Waals surface area (Å²) >= 11 is 0. The Morgan fingerprint density at radius 3 is 2.91 bits per heavy atom. The SMILES string of the molecule is Cn1ncnc1CN1CCOC[C@@H]1CC(=O)c1ccccc1. The maximum atomic E-state index is 12.4. The van der Waals surface area contributed by atoms with Gasteiger partial charge < -0.3 is 4.74 Å². The Labute approximate surface area is 129 Å². The third-order valence-corrected chi connectivity index (χ3v) is 4.02. The van der Waals surface area contributed by atoms with E-state index in [4.69, 9.17) is 4.74 Å². The van der Waals surface area contributed by atoms with Gasteiger partial charge in [0.15, 0.2) is 5.78 Å². The molecule has 0 N–H and O–H groups in total. The summed E-state index contributed by atoms with van der Waals surface area (Å²) in [6, 6.07) is 9.50. The Kier molecular flexibility index (Phi) is 4.60. The fraction of sp³-hybridized carbons (Fsp3) is 0.438. The molecule has 2 heterocycles. The molecule has 2 aromatic rings. The van der Waals surface area contributed by atoms with Crippen molar-refractivity contribution in [2.45, 2.75) is 19.0 Å². The van der Waals surface area contributed by atoms with Crippen LogP contribution >= 0.6 is 0 Å². The van der Waals surface area contributed by atoms with Gasteiger partial charge in [-0.05, 0) is 0 Å². The number of hydrogen-bond donors (Lipinski definition) is 0. The van der Waals surface area contributed by atoms with Crippen LogP contribution < -0.4 is 0 Å². The highest BCUT2D eigenvalue weighted by Gasteiger charge is 2.26. The molecule has 0 radical (unpaired) electrons. The predicted molar refractivity (Wildman–Crippen MR) is 81.4 cm³/mol. The van der Waals surface area contributed by atoms with E-state index in [-0.39, 0.29) is 11.8 Å². The zero-order valence-corrected chi connectivity index (χ0v) is 12.7. The van der Waals surface area contributed by atoms with Crippen molar-refractivity contribution in [3.63, 3.8) is 0 Å². The molecule has 1 aromatic carbocycles. The van der Waals surface area contributed by atoms with Crippen LogP contribution in [0.1, 0.15) is 22.6 Å². The van der Waals surface area contributed by atoms with Crippen LogP contribution in [-0.2, 0) is 18.3 Å². The van der Waals surface area contributed by atoms with Crippen LogP contribution in [0, 0.1) is 0 Å². The van der Waals surface area contributed by atoms with Gasteiger partial charge in [0, 0.05) is 31.6 Å². The predicted octanol–water partition coefficient (Wildman–Crippen LogP) is 1.29. The van der Waals surface area contributed by atoms with E-state index in [0.717, 1.165) is 17.9 Å². The normalized spacial score (nSPS) is 19.2. The number of Topliss-reactive ketones (excluding diaryl/α,β-unsaturated/α-hetero) is 1. The standard InChI is InChI=1S/C16H20N4O2/c1-19-16(17-12-18-19)10-20-7-8-22-11-14(20)9-15(21)13-5-3-2-4-6-13/h2-6,12,14H,7-11H2,1H3/t14-/m0/s1. The molecule has 22 heavy (non-hydrogen) atoms. The highest BCUT2D eigenvalue weighted by atomic mass is 16.5. The molecule has 3 rings (SSSR count). The van der Waals surface area contributed by atoms with Crippen LogP contribution in [0.15, 0.2) is 36.7 Å². The van der Waals surface area contributed by atoms with E-state index >= 15 is 0 Å². The quantitative estimate of drug-likeness (QED) is 0.779. The zero-order chi connectivity index (χ0) is 15.4. The minimum absolute atomic E-state index is 0.0816. The average Bonchev–Trinajstić information content (AvgIpc) is 2.95. The van der Waals surface area contributed by atoms with Gasteiger partial charge in [-0.25, -0.2) is 4.98 Å². The summed E-state index contributed by atoms with van der Waals surface area (Å²) in [5, 5.41) is 4.10. The van der Waals surface area contributed by atoms with E-state index in [0.29, 0.717) is 26.2 Å². The average molecular weight is 300 g/mol. The minimum atomic E-state index is 0.0816. The van der Waals surface area contributed by atoms with Gasteiger partial charge in [0.05, 0.1) is 19.8 Å². The lowest BCUT2D eigenvalue weighted by Crippen LogP contribution is -2.46. The Morgan fingerprint density at radius 1 is 1.36 bits per heavy atom. The second-order valence-electron chi connectivity index (χ2n) is 5.49. The van der Waals surface area contributed by atoms with Crippen molar-refractivity contribution in [1.82, 2.24) is 19.7 Å². The van der Waals surface area contributed by atoms with E-state index in [1.807, 2.05) is 37.4 Å². The maximum absolute atomic E-state index is 12.4. The molecular weight excluding hydrogens is 280 g/mol. The van der Waals surface area contributed by atoms with Crippen LogP contribution in [0.2, 0.25) is 0 Å². The fourth-order valence-electron chi connectivity index (χ4n) is 2.69. The summed E-state index contributed by atoms with van der Waals surface area (Å²) in [5.74, 6) is 1.05. The fourth-order valence-corrected chi connectivity index (χ4v) is 2.69. The molecule has 1 aromatic heterocycles. The third kappa shape index (κ3) is 3.40. The van der Waals surface area contributed by atoms with Gasteiger partial charge in [0.2, 0.25) is 0 Å². The summed E-state index contributed by atoms with van der Waals surface area (Å²) in [6.07, 6.45) is 2.02. The topological polar surface area (TPSA) is 60.3 Å². The van der Waals surface area contributed by atoms with Crippen LogP contribution in [-0.4, -0.2) is 51.2 Å². The third-order valence-electron chi connectivity index (χ3n) is 4.02. The number of aryl methyl sites for hydroxylation is 1. The van der Waals surface area contributed by atoms with Crippen LogP contribution in [0.5, 0.6) is 0 Å². The van der Waals surface area contributed by atoms with E-state index in [2.05, 4.69) is 15.0 Å².